The maximum atomic E-state index is 13.3. The molecule has 1 unspecified atom stereocenters. The molecule has 0 amide bonds. The van der Waals surface area contributed by atoms with Gasteiger partial charge < -0.3 is 10.1 Å². The molecule has 1 aromatic rings. The zero-order chi connectivity index (χ0) is 18.8. The van der Waals surface area contributed by atoms with Crippen LogP contribution in [0, 0.1) is 0 Å². The van der Waals surface area contributed by atoms with Gasteiger partial charge in [-0.3, -0.25) is 0 Å². The first-order chi connectivity index (χ1) is 11.6. The van der Waals surface area contributed by atoms with E-state index in [0.29, 0.717) is 25.5 Å². The molecule has 1 saturated heterocycles. The van der Waals surface area contributed by atoms with Crippen LogP contribution in [0.25, 0.3) is 0 Å². The molecular weight excluding hydrogens is 397 g/mol. The van der Waals surface area contributed by atoms with Gasteiger partial charge in [-0.05, 0) is 38.1 Å². The maximum Gasteiger partial charge on any atom is 0.417 e. The first-order valence-electron chi connectivity index (χ1n) is 7.59. The van der Waals surface area contributed by atoms with Gasteiger partial charge in [-0.2, -0.15) is 17.5 Å². The number of alkyl halides is 3. The van der Waals surface area contributed by atoms with Crippen molar-refractivity contribution in [2.75, 3.05) is 27.2 Å². The molecule has 0 aromatic heterocycles. The van der Waals surface area contributed by atoms with Gasteiger partial charge in [-0.25, -0.2) is 13.2 Å². The summed E-state index contributed by atoms with van der Waals surface area (Å²) in [7, 11) is -1.47. The third-order valence-electron chi connectivity index (χ3n) is 4.07. The van der Waals surface area contributed by atoms with Crippen molar-refractivity contribution in [2.24, 2.45) is 0 Å². The van der Waals surface area contributed by atoms with Crippen LogP contribution in [-0.2, 0) is 20.9 Å². The molecule has 0 aliphatic carbocycles. The average Bonchev–Trinajstić information content (AvgIpc) is 3.02. The summed E-state index contributed by atoms with van der Waals surface area (Å²) in [5.41, 5.74) is -2.05. The lowest BCUT2D eigenvalue weighted by Gasteiger charge is -2.24. The lowest BCUT2D eigenvalue weighted by Crippen LogP contribution is -2.40. The van der Waals surface area contributed by atoms with Gasteiger partial charge in [-0.1, -0.05) is 0 Å². The largest absolute Gasteiger partial charge is 0.465 e. The molecule has 11 heteroatoms. The van der Waals surface area contributed by atoms with E-state index in [1.54, 1.807) is 7.05 Å². The molecular formula is C15H20ClF3N2O4S. The van der Waals surface area contributed by atoms with Crippen LogP contribution in [0.15, 0.2) is 23.1 Å². The molecule has 0 spiro atoms. The number of likely N-dealkylation sites (N-methyl/N-ethyl adjacent to an activating group) is 1. The predicted molar refractivity (Wildman–Crippen MR) is 90.9 cm³/mol. The first kappa shape index (κ1) is 22.7. The zero-order valence-electron chi connectivity index (χ0n) is 14.2. The summed E-state index contributed by atoms with van der Waals surface area (Å²) in [4.78, 5) is 11.1. The van der Waals surface area contributed by atoms with Crippen molar-refractivity contribution >= 4 is 28.4 Å². The summed E-state index contributed by atoms with van der Waals surface area (Å²) in [6.45, 7) is 0.653. The third kappa shape index (κ3) is 4.48. The van der Waals surface area contributed by atoms with Crippen LogP contribution < -0.4 is 5.32 Å². The van der Waals surface area contributed by atoms with Gasteiger partial charge >= 0.3 is 12.1 Å². The molecule has 0 radical (unpaired) electrons. The number of benzene rings is 1. The molecule has 2 rings (SSSR count). The van der Waals surface area contributed by atoms with Gasteiger partial charge in [0.1, 0.15) is 0 Å². The minimum Gasteiger partial charge on any atom is -0.465 e. The fourth-order valence-electron chi connectivity index (χ4n) is 2.91. The number of rotatable bonds is 5. The topological polar surface area (TPSA) is 75.7 Å². The Bertz CT molecular complexity index is 756. The number of carbonyl (C=O) groups is 1. The summed E-state index contributed by atoms with van der Waals surface area (Å²) in [6.07, 6.45) is -3.62. The van der Waals surface area contributed by atoms with Crippen molar-refractivity contribution in [3.63, 3.8) is 0 Å². The van der Waals surface area contributed by atoms with E-state index in [-0.39, 0.29) is 25.0 Å². The summed E-state index contributed by atoms with van der Waals surface area (Å²) < 4.78 is 70.9. The van der Waals surface area contributed by atoms with E-state index in [9.17, 15) is 26.4 Å². The molecule has 148 valence electrons. The van der Waals surface area contributed by atoms with Crippen molar-refractivity contribution in [1.29, 1.82) is 0 Å². The number of ether oxygens (including phenoxy) is 1. The number of hydrogen-bond acceptors (Lipinski definition) is 5. The van der Waals surface area contributed by atoms with Gasteiger partial charge in [-0.15, -0.1) is 12.4 Å². The highest BCUT2D eigenvalue weighted by molar-refractivity contribution is 7.89. The molecule has 1 aromatic carbocycles. The average molecular weight is 417 g/mol. The number of nitrogens with one attached hydrogen (secondary N) is 1. The number of halogens is 4. The Morgan fingerprint density at radius 3 is 2.58 bits per heavy atom. The molecule has 1 aliphatic rings. The summed E-state index contributed by atoms with van der Waals surface area (Å²) in [6, 6.07) is 2.02. The van der Waals surface area contributed by atoms with Crippen molar-refractivity contribution in [3.05, 3.63) is 29.3 Å². The lowest BCUT2D eigenvalue weighted by molar-refractivity contribution is -0.138. The fourth-order valence-corrected chi connectivity index (χ4v) is 4.63. The number of carbonyl (C=O) groups excluding carboxylic acids is 1. The van der Waals surface area contributed by atoms with Crippen molar-refractivity contribution in [2.45, 2.75) is 30.0 Å². The second kappa shape index (κ2) is 8.55. The number of hydrogen-bond donors (Lipinski definition) is 1. The Labute approximate surface area is 156 Å². The molecule has 1 N–H and O–H groups in total. The van der Waals surface area contributed by atoms with E-state index in [4.69, 9.17) is 0 Å². The van der Waals surface area contributed by atoms with E-state index >= 15 is 0 Å². The molecule has 1 aliphatic heterocycles. The third-order valence-corrected chi connectivity index (χ3v) is 6.02. The van der Waals surface area contributed by atoms with E-state index in [2.05, 4.69) is 10.1 Å². The molecule has 1 atom stereocenters. The SMILES string of the molecule is CNCC1CCCN1S(=O)(=O)c1ccc(C(=O)OC)c(C(F)(F)F)c1.Cl. The second-order valence-corrected chi connectivity index (χ2v) is 7.56. The fraction of sp³-hybridized carbons (Fsp3) is 0.533. The van der Waals surface area contributed by atoms with E-state index in [1.807, 2.05) is 0 Å². The standard InChI is InChI=1S/C15H19F3N2O4S.ClH/c1-19-9-10-4-3-7-20(10)25(22,23)11-5-6-12(14(21)24-2)13(8-11)15(16,17)18;/h5-6,8,10,19H,3-4,7,9H2,1-2H3;1H. The minimum absolute atomic E-state index is 0. The smallest absolute Gasteiger partial charge is 0.417 e. The molecule has 26 heavy (non-hydrogen) atoms. The highest BCUT2D eigenvalue weighted by Crippen LogP contribution is 2.35. The van der Waals surface area contributed by atoms with Crippen LogP contribution in [0.5, 0.6) is 0 Å². The Kier molecular flexibility index (Phi) is 7.46. The molecule has 0 bridgehead atoms. The van der Waals surface area contributed by atoms with Gasteiger partial charge in [0.25, 0.3) is 0 Å². The highest BCUT2D eigenvalue weighted by Gasteiger charge is 2.39. The summed E-state index contributed by atoms with van der Waals surface area (Å²) in [5, 5.41) is 2.88. The predicted octanol–water partition coefficient (Wildman–Crippen LogP) is 2.29. The highest BCUT2D eigenvalue weighted by atomic mass is 35.5. The monoisotopic (exact) mass is 416 g/mol. The van der Waals surface area contributed by atoms with Crippen LogP contribution in [0.3, 0.4) is 0 Å². The van der Waals surface area contributed by atoms with Gasteiger partial charge in [0.05, 0.1) is 23.1 Å². The van der Waals surface area contributed by atoms with E-state index in [1.165, 1.54) is 4.31 Å². The quantitative estimate of drug-likeness (QED) is 0.745. The Hall–Kier alpha value is -1.36. The van der Waals surface area contributed by atoms with Crippen LogP contribution in [0.2, 0.25) is 0 Å². The Balaban J connectivity index is 0.00000338. The number of sulfonamides is 1. The van der Waals surface area contributed by atoms with Gasteiger partial charge in [0.2, 0.25) is 10.0 Å². The molecule has 6 nitrogen and oxygen atoms in total. The maximum absolute atomic E-state index is 13.3. The molecule has 1 heterocycles. The van der Waals surface area contributed by atoms with Crippen LogP contribution in [0.1, 0.15) is 28.8 Å². The van der Waals surface area contributed by atoms with Crippen molar-refractivity contribution < 1.29 is 31.1 Å². The molecule has 1 fully saturated rings. The van der Waals surface area contributed by atoms with Gasteiger partial charge in [0.15, 0.2) is 0 Å². The van der Waals surface area contributed by atoms with E-state index < -0.39 is 38.2 Å². The van der Waals surface area contributed by atoms with Crippen LogP contribution >= 0.6 is 12.4 Å². The number of nitrogens with zero attached hydrogens (tertiary/aromatic N) is 1. The Morgan fingerprint density at radius 2 is 2.04 bits per heavy atom. The second-order valence-electron chi connectivity index (χ2n) is 5.67. The Morgan fingerprint density at radius 1 is 1.38 bits per heavy atom. The van der Waals surface area contributed by atoms with Crippen LogP contribution in [-0.4, -0.2) is 52.0 Å². The molecule has 0 saturated carbocycles. The normalized spacial score (nSPS) is 18.4. The van der Waals surface area contributed by atoms with E-state index in [0.717, 1.165) is 19.2 Å². The summed E-state index contributed by atoms with van der Waals surface area (Å²) >= 11 is 0. The minimum atomic E-state index is -4.88. The zero-order valence-corrected chi connectivity index (χ0v) is 15.8. The summed E-state index contributed by atoms with van der Waals surface area (Å²) in [5.74, 6) is -1.18. The van der Waals surface area contributed by atoms with Crippen LogP contribution in [0.4, 0.5) is 13.2 Å². The lowest BCUT2D eigenvalue weighted by atomic mass is 10.1. The van der Waals surface area contributed by atoms with Gasteiger partial charge in [0, 0.05) is 19.1 Å². The number of esters is 1. The first-order valence-corrected chi connectivity index (χ1v) is 9.03. The van der Waals surface area contributed by atoms with Crippen molar-refractivity contribution in [1.82, 2.24) is 9.62 Å². The number of methoxy groups -OCH3 is 1. The van der Waals surface area contributed by atoms with Crippen molar-refractivity contribution in [3.8, 4) is 0 Å².